The molecule has 0 atom stereocenters. The molecule has 120 valence electrons. The van der Waals surface area contributed by atoms with Gasteiger partial charge in [0.2, 0.25) is 0 Å². The Bertz CT molecular complexity index is 691. The van der Waals surface area contributed by atoms with E-state index in [1.807, 2.05) is 0 Å². The molecule has 2 N–H and O–H groups in total. The second-order valence-corrected chi connectivity index (χ2v) is 7.43. The first kappa shape index (κ1) is 15.1. The van der Waals surface area contributed by atoms with Crippen LogP contribution in [-0.4, -0.2) is 26.0 Å². The number of amides is 1. The minimum atomic E-state index is -4.14. The molecule has 1 aromatic rings. The zero-order chi connectivity index (χ0) is 15.9. The number of carbonyl (C=O) groups excluding carboxylic acids is 1. The van der Waals surface area contributed by atoms with E-state index in [1.54, 1.807) is 4.72 Å². The second-order valence-electron chi connectivity index (χ2n) is 5.84. The number of nitrogens with zero attached hydrogens (tertiary/aromatic N) is 1. The van der Waals surface area contributed by atoms with Gasteiger partial charge in [0.25, 0.3) is 5.91 Å². The Labute approximate surface area is 128 Å². The van der Waals surface area contributed by atoms with E-state index in [-0.39, 0.29) is 0 Å². The molecule has 6 nitrogen and oxygen atoms in total. The van der Waals surface area contributed by atoms with E-state index in [2.05, 4.69) is 0 Å². The van der Waals surface area contributed by atoms with Crippen LogP contribution in [0.4, 0.5) is 10.1 Å². The molecular weight excluding hydrogens is 311 g/mol. The fraction of sp³-hybridized carbons (Fsp3) is 0.500. The highest BCUT2D eigenvalue weighted by atomic mass is 32.2. The van der Waals surface area contributed by atoms with Crippen LogP contribution in [0.15, 0.2) is 12.1 Å². The average Bonchev–Trinajstić information content (AvgIpc) is 2.97. The number of phenols is 1. The van der Waals surface area contributed by atoms with Gasteiger partial charge in [-0.25, -0.2) is 13.4 Å². The van der Waals surface area contributed by atoms with Crippen LogP contribution in [0.2, 0.25) is 0 Å². The molecule has 2 fully saturated rings. The maximum absolute atomic E-state index is 14.3. The van der Waals surface area contributed by atoms with Gasteiger partial charge in [0.05, 0.1) is 0 Å². The molecule has 8 heteroatoms. The van der Waals surface area contributed by atoms with Crippen molar-refractivity contribution < 1.29 is 22.7 Å². The van der Waals surface area contributed by atoms with Gasteiger partial charge in [-0.15, -0.1) is 0 Å². The summed E-state index contributed by atoms with van der Waals surface area (Å²) in [6, 6.07) is 2.63. The summed E-state index contributed by atoms with van der Waals surface area (Å²) >= 11 is 0. The Morgan fingerprint density at radius 1 is 1.32 bits per heavy atom. The fourth-order valence-corrected chi connectivity index (χ4v) is 4.37. The summed E-state index contributed by atoms with van der Waals surface area (Å²) in [5.74, 6) is -1.58. The van der Waals surface area contributed by atoms with E-state index in [0.717, 1.165) is 25.7 Å². The number of hydrogen-bond donors (Lipinski definition) is 2. The van der Waals surface area contributed by atoms with Crippen LogP contribution in [0.3, 0.4) is 0 Å². The molecule has 0 spiro atoms. The Kier molecular flexibility index (Phi) is 3.72. The molecule has 0 bridgehead atoms. The van der Waals surface area contributed by atoms with Crippen molar-refractivity contribution in [2.24, 2.45) is 5.92 Å². The van der Waals surface area contributed by atoms with Gasteiger partial charge in [-0.2, -0.15) is 8.42 Å². The number of phenolic OH excluding ortho intramolecular Hbond substituents is 1. The van der Waals surface area contributed by atoms with Gasteiger partial charge >= 0.3 is 10.2 Å². The first-order valence-corrected chi connectivity index (χ1v) is 8.65. The molecule has 0 radical (unpaired) electrons. The molecule has 3 rings (SSSR count). The quantitative estimate of drug-likeness (QED) is 0.879. The Hall–Kier alpha value is -1.83. The molecule has 1 amide bonds. The standard InChI is InChI=1S/C14H17FN2O4S/c15-11-6-10(5-9-3-1-2-4-9)7-12(18)14(11)17-8-13(19)16-22(17,20)21/h6-7,9,18H,1-5,8H2,(H,16,19). The highest BCUT2D eigenvalue weighted by Crippen LogP contribution is 2.36. The van der Waals surface area contributed by atoms with Crippen LogP contribution in [0.5, 0.6) is 5.75 Å². The van der Waals surface area contributed by atoms with Gasteiger partial charge in [0.15, 0.2) is 5.82 Å². The fourth-order valence-electron chi connectivity index (χ4n) is 3.20. The highest BCUT2D eigenvalue weighted by Gasteiger charge is 2.37. The summed E-state index contributed by atoms with van der Waals surface area (Å²) in [5, 5.41) is 10.0. The van der Waals surface area contributed by atoms with E-state index in [9.17, 15) is 22.7 Å². The van der Waals surface area contributed by atoms with E-state index < -0.39 is 39.9 Å². The highest BCUT2D eigenvalue weighted by molar-refractivity contribution is 7.92. The number of hydrogen-bond acceptors (Lipinski definition) is 4. The molecule has 1 aliphatic heterocycles. The average molecular weight is 328 g/mol. The lowest BCUT2D eigenvalue weighted by Gasteiger charge is -2.18. The molecule has 1 heterocycles. The van der Waals surface area contributed by atoms with Crippen molar-refractivity contribution in [2.45, 2.75) is 32.1 Å². The SMILES string of the molecule is O=C1CN(c2c(O)cc(CC3CCCC3)cc2F)S(=O)(=O)N1. The molecule has 22 heavy (non-hydrogen) atoms. The monoisotopic (exact) mass is 328 g/mol. The third kappa shape index (κ3) is 2.75. The molecular formula is C14H17FN2O4S. The minimum absolute atomic E-state index is 0.465. The van der Waals surface area contributed by atoms with Crippen molar-refractivity contribution in [3.05, 3.63) is 23.5 Å². The summed E-state index contributed by atoms with van der Waals surface area (Å²) < 4.78 is 40.1. The predicted octanol–water partition coefficient (Wildman–Crippen LogP) is 1.44. The lowest BCUT2D eigenvalue weighted by molar-refractivity contribution is -0.117. The number of rotatable bonds is 3. The zero-order valence-electron chi connectivity index (χ0n) is 11.9. The lowest BCUT2D eigenvalue weighted by Crippen LogP contribution is -2.30. The largest absolute Gasteiger partial charge is 0.506 e. The van der Waals surface area contributed by atoms with Crippen molar-refractivity contribution >= 4 is 21.8 Å². The van der Waals surface area contributed by atoms with Crippen LogP contribution >= 0.6 is 0 Å². The molecule has 1 aliphatic carbocycles. The van der Waals surface area contributed by atoms with Crippen LogP contribution in [0.25, 0.3) is 0 Å². The Balaban J connectivity index is 1.91. The summed E-state index contributed by atoms with van der Waals surface area (Å²) in [7, 11) is -4.14. The Morgan fingerprint density at radius 3 is 2.55 bits per heavy atom. The lowest BCUT2D eigenvalue weighted by atomic mass is 9.97. The van der Waals surface area contributed by atoms with Gasteiger partial charge in [-0.05, 0) is 30.0 Å². The first-order chi connectivity index (χ1) is 10.4. The van der Waals surface area contributed by atoms with Gasteiger partial charge in [-0.3, -0.25) is 4.79 Å². The molecule has 1 saturated carbocycles. The van der Waals surface area contributed by atoms with Crippen molar-refractivity contribution in [2.75, 3.05) is 10.8 Å². The summed E-state index contributed by atoms with van der Waals surface area (Å²) in [4.78, 5) is 11.2. The molecule has 0 unspecified atom stereocenters. The summed E-state index contributed by atoms with van der Waals surface area (Å²) in [6.07, 6.45) is 5.16. The molecule has 1 aromatic carbocycles. The smallest absolute Gasteiger partial charge is 0.326 e. The number of carbonyl (C=O) groups is 1. The van der Waals surface area contributed by atoms with E-state index in [4.69, 9.17) is 0 Å². The van der Waals surface area contributed by atoms with Crippen molar-refractivity contribution in [3.63, 3.8) is 0 Å². The number of anilines is 1. The van der Waals surface area contributed by atoms with Gasteiger partial charge in [0.1, 0.15) is 18.0 Å². The summed E-state index contributed by atoms with van der Waals surface area (Å²) in [5.41, 5.74) is 0.162. The third-order valence-electron chi connectivity index (χ3n) is 4.17. The van der Waals surface area contributed by atoms with E-state index in [1.165, 1.54) is 12.1 Å². The van der Waals surface area contributed by atoms with Gasteiger partial charge in [0, 0.05) is 0 Å². The number of aromatic hydroxyl groups is 1. The topological polar surface area (TPSA) is 86.7 Å². The van der Waals surface area contributed by atoms with Gasteiger partial charge in [-0.1, -0.05) is 25.7 Å². The third-order valence-corrected chi connectivity index (χ3v) is 5.55. The van der Waals surface area contributed by atoms with E-state index >= 15 is 0 Å². The van der Waals surface area contributed by atoms with Crippen LogP contribution < -0.4 is 9.03 Å². The van der Waals surface area contributed by atoms with Crippen molar-refractivity contribution in [1.82, 2.24) is 4.72 Å². The van der Waals surface area contributed by atoms with Crippen molar-refractivity contribution in [3.8, 4) is 5.75 Å². The number of nitrogens with one attached hydrogen (secondary N) is 1. The maximum atomic E-state index is 14.3. The zero-order valence-corrected chi connectivity index (χ0v) is 12.7. The van der Waals surface area contributed by atoms with Crippen LogP contribution in [0.1, 0.15) is 31.2 Å². The summed E-state index contributed by atoms with van der Waals surface area (Å²) in [6.45, 7) is -0.533. The van der Waals surface area contributed by atoms with Crippen LogP contribution in [0, 0.1) is 11.7 Å². The Morgan fingerprint density at radius 2 is 2.00 bits per heavy atom. The predicted molar refractivity (Wildman–Crippen MR) is 78.1 cm³/mol. The molecule has 1 saturated heterocycles. The molecule has 2 aliphatic rings. The number of benzene rings is 1. The second kappa shape index (κ2) is 5.42. The van der Waals surface area contributed by atoms with Gasteiger partial charge < -0.3 is 5.11 Å². The van der Waals surface area contributed by atoms with Crippen LogP contribution in [-0.2, 0) is 21.4 Å². The van der Waals surface area contributed by atoms with Crippen molar-refractivity contribution in [1.29, 1.82) is 0 Å². The first-order valence-electron chi connectivity index (χ1n) is 7.21. The number of halogens is 1. The maximum Gasteiger partial charge on any atom is 0.326 e. The molecule has 0 aromatic heterocycles. The normalized spacial score (nSPS) is 21.3. The minimum Gasteiger partial charge on any atom is -0.506 e. The van der Waals surface area contributed by atoms with E-state index in [0.29, 0.717) is 22.2 Å².